The van der Waals surface area contributed by atoms with Gasteiger partial charge in [0.1, 0.15) is 11.9 Å². The Kier molecular flexibility index (Phi) is 4.83. The molecule has 2 N–H and O–H groups in total. The molecule has 0 aliphatic heterocycles. The van der Waals surface area contributed by atoms with Gasteiger partial charge in [-0.15, -0.1) is 0 Å². The Morgan fingerprint density at radius 1 is 1.37 bits per heavy atom. The van der Waals surface area contributed by atoms with E-state index < -0.39 is 17.3 Å². The van der Waals surface area contributed by atoms with Crippen molar-refractivity contribution >= 4 is 22.9 Å². The number of halogens is 1. The number of nitrogens with zero attached hydrogens (tertiary/aromatic N) is 3. The quantitative estimate of drug-likeness (QED) is 0.665. The molecule has 30 heavy (non-hydrogen) atoms. The van der Waals surface area contributed by atoms with Crippen LogP contribution in [0.1, 0.15) is 50.7 Å². The molecule has 1 heterocycles. The maximum Gasteiger partial charge on any atom is 0.229 e. The second kappa shape index (κ2) is 7.22. The molecule has 1 aromatic heterocycles. The summed E-state index contributed by atoms with van der Waals surface area (Å²) in [4.78, 5) is 17.3. The summed E-state index contributed by atoms with van der Waals surface area (Å²) in [6.07, 6.45) is 2.59. The minimum absolute atomic E-state index is 0.170. The molecule has 6 nitrogen and oxygen atoms in total. The summed E-state index contributed by atoms with van der Waals surface area (Å²) in [7, 11) is 0. The number of hydrogen-bond donors (Lipinski definition) is 2. The number of rotatable bonds is 5. The molecule has 4 rings (SSSR count). The Morgan fingerprint density at radius 2 is 2.07 bits per heavy atom. The van der Waals surface area contributed by atoms with Gasteiger partial charge in [-0.1, -0.05) is 30.3 Å². The van der Waals surface area contributed by atoms with Crippen molar-refractivity contribution in [2.45, 2.75) is 50.7 Å². The molecule has 154 valence electrons. The average molecular weight is 406 g/mol. The minimum atomic E-state index is -1.35. The number of nitriles is 1. The summed E-state index contributed by atoms with van der Waals surface area (Å²) in [6.45, 7) is 3.62. The first-order valence-electron chi connectivity index (χ1n) is 9.94. The van der Waals surface area contributed by atoms with Gasteiger partial charge in [-0.3, -0.25) is 10.1 Å². The molecule has 2 aromatic carbocycles. The van der Waals surface area contributed by atoms with Gasteiger partial charge in [0.05, 0.1) is 28.6 Å². The fraction of sp³-hybridized carbons (Fsp3) is 0.348. The van der Waals surface area contributed by atoms with Gasteiger partial charge < -0.3 is 9.67 Å². The largest absolute Gasteiger partial charge is 0.385 e. The van der Waals surface area contributed by atoms with E-state index in [-0.39, 0.29) is 23.5 Å². The van der Waals surface area contributed by atoms with Crippen LogP contribution in [-0.2, 0) is 15.9 Å². The van der Waals surface area contributed by atoms with Crippen LogP contribution in [-0.4, -0.2) is 20.6 Å². The summed E-state index contributed by atoms with van der Waals surface area (Å²) < 4.78 is 15.8. The number of carbonyl (C=O) groups excluding carboxylic acids is 1. The normalized spacial score (nSPS) is 17.0. The number of imidazole rings is 1. The molecule has 1 amide bonds. The van der Waals surface area contributed by atoms with Gasteiger partial charge in [-0.25, -0.2) is 9.37 Å². The van der Waals surface area contributed by atoms with E-state index in [2.05, 4.69) is 10.3 Å². The Morgan fingerprint density at radius 3 is 2.67 bits per heavy atom. The first-order chi connectivity index (χ1) is 14.2. The van der Waals surface area contributed by atoms with Gasteiger partial charge >= 0.3 is 0 Å². The van der Waals surface area contributed by atoms with E-state index in [1.165, 1.54) is 12.1 Å². The molecule has 1 fully saturated rings. The monoisotopic (exact) mass is 406 g/mol. The summed E-state index contributed by atoms with van der Waals surface area (Å²) >= 11 is 0. The summed E-state index contributed by atoms with van der Waals surface area (Å²) in [6, 6.07) is 13.5. The third-order valence-electron chi connectivity index (χ3n) is 5.96. The lowest BCUT2D eigenvalue weighted by Gasteiger charge is -2.41. The molecule has 1 unspecified atom stereocenters. The highest BCUT2D eigenvalue weighted by Gasteiger charge is 2.38. The first-order valence-corrected chi connectivity index (χ1v) is 9.94. The van der Waals surface area contributed by atoms with Crippen molar-refractivity contribution in [3.63, 3.8) is 0 Å². The fourth-order valence-corrected chi connectivity index (χ4v) is 4.16. The summed E-state index contributed by atoms with van der Waals surface area (Å²) in [5.41, 5.74) is -0.0123. The van der Waals surface area contributed by atoms with E-state index >= 15 is 0 Å². The maximum absolute atomic E-state index is 14.0. The van der Waals surface area contributed by atoms with Gasteiger partial charge in [0, 0.05) is 11.6 Å². The minimum Gasteiger partial charge on any atom is -0.385 e. The van der Waals surface area contributed by atoms with E-state index in [4.69, 9.17) is 0 Å². The number of anilines is 1. The van der Waals surface area contributed by atoms with Crippen LogP contribution < -0.4 is 5.32 Å². The molecular weight excluding hydrogens is 383 g/mol. The molecule has 1 aliphatic rings. The number of hydrogen-bond acceptors (Lipinski definition) is 4. The van der Waals surface area contributed by atoms with Crippen molar-refractivity contribution in [2.75, 3.05) is 5.32 Å². The van der Waals surface area contributed by atoms with Gasteiger partial charge in [0.15, 0.2) is 0 Å². The van der Waals surface area contributed by atoms with Crippen molar-refractivity contribution in [1.29, 1.82) is 5.26 Å². The fourth-order valence-electron chi connectivity index (χ4n) is 4.16. The second-order valence-corrected chi connectivity index (χ2v) is 8.42. The van der Waals surface area contributed by atoms with Crippen molar-refractivity contribution in [3.05, 3.63) is 59.4 Å². The van der Waals surface area contributed by atoms with E-state index in [0.717, 1.165) is 19.3 Å². The smallest absolute Gasteiger partial charge is 0.229 e. The molecule has 0 spiro atoms. The summed E-state index contributed by atoms with van der Waals surface area (Å²) in [5.74, 6) is -0.696. The van der Waals surface area contributed by atoms with Crippen LogP contribution in [0.5, 0.6) is 0 Å². The molecule has 7 heteroatoms. The molecule has 1 atom stereocenters. The molecule has 1 aliphatic carbocycles. The van der Waals surface area contributed by atoms with Crippen LogP contribution in [0.15, 0.2) is 42.5 Å². The van der Waals surface area contributed by atoms with Crippen LogP contribution in [0.2, 0.25) is 0 Å². The zero-order chi connectivity index (χ0) is 21.5. The Bertz CT molecular complexity index is 1160. The van der Waals surface area contributed by atoms with Crippen molar-refractivity contribution in [1.82, 2.24) is 9.55 Å². The number of aliphatic hydroxyl groups is 1. The van der Waals surface area contributed by atoms with Crippen molar-refractivity contribution in [2.24, 2.45) is 0 Å². The lowest BCUT2D eigenvalue weighted by molar-refractivity contribution is -0.120. The predicted molar refractivity (Wildman–Crippen MR) is 111 cm³/mol. The van der Waals surface area contributed by atoms with Crippen LogP contribution >= 0.6 is 0 Å². The second-order valence-electron chi connectivity index (χ2n) is 8.42. The molecule has 0 radical (unpaired) electrons. The van der Waals surface area contributed by atoms with E-state index in [1.54, 1.807) is 31.2 Å². The molecular formula is C23H23FN4O2. The third kappa shape index (κ3) is 3.44. The van der Waals surface area contributed by atoms with E-state index in [0.29, 0.717) is 16.6 Å². The number of carbonyl (C=O) groups is 1. The maximum atomic E-state index is 14.0. The Hall–Kier alpha value is -3.24. The van der Waals surface area contributed by atoms with Crippen molar-refractivity contribution in [3.8, 4) is 6.07 Å². The zero-order valence-electron chi connectivity index (χ0n) is 16.9. The molecule has 1 saturated carbocycles. The number of aromatic nitrogens is 2. The van der Waals surface area contributed by atoms with Gasteiger partial charge in [0.25, 0.3) is 0 Å². The average Bonchev–Trinajstić information content (AvgIpc) is 3.03. The van der Waals surface area contributed by atoms with E-state index in [9.17, 15) is 19.6 Å². The molecule has 3 aromatic rings. The van der Waals surface area contributed by atoms with Gasteiger partial charge in [-0.2, -0.15) is 5.26 Å². The van der Waals surface area contributed by atoms with Gasteiger partial charge in [-0.05, 0) is 44.7 Å². The highest BCUT2D eigenvalue weighted by atomic mass is 19.1. The van der Waals surface area contributed by atoms with Crippen LogP contribution in [0.4, 0.5) is 10.3 Å². The number of nitrogens with one attached hydrogen (secondary N) is 1. The highest BCUT2D eigenvalue weighted by Crippen LogP contribution is 2.43. The first kappa shape index (κ1) is 20.0. The zero-order valence-corrected chi connectivity index (χ0v) is 16.9. The Labute approximate surface area is 174 Å². The molecule has 0 bridgehead atoms. The van der Waals surface area contributed by atoms with E-state index in [1.807, 2.05) is 23.6 Å². The van der Waals surface area contributed by atoms with Crippen LogP contribution in [0.3, 0.4) is 0 Å². The number of amides is 1. The number of benzene rings is 2. The standard InChI is InChI=1S/C23H23FN4O2/c1-22(9-6-10-22)28-20-15(14-25)11-17(24)12-18(20)26-21(28)27-19(29)13-23(2,30)16-7-4-3-5-8-16/h3-5,7-8,11-12,30H,6,9-10,13H2,1-2H3,(H,26,27,29). The SMILES string of the molecule is CC(O)(CC(=O)Nc1nc2cc(F)cc(C#N)c2n1C1(C)CCC1)c1ccccc1. The lowest BCUT2D eigenvalue weighted by Crippen LogP contribution is -2.39. The highest BCUT2D eigenvalue weighted by molar-refractivity contribution is 5.93. The van der Waals surface area contributed by atoms with Gasteiger partial charge in [0.2, 0.25) is 11.9 Å². The molecule has 0 saturated heterocycles. The van der Waals surface area contributed by atoms with Crippen molar-refractivity contribution < 1.29 is 14.3 Å². The number of fused-ring (bicyclic) bond motifs is 1. The Balaban J connectivity index is 1.71. The van der Waals surface area contributed by atoms with Crippen LogP contribution in [0, 0.1) is 17.1 Å². The lowest BCUT2D eigenvalue weighted by atomic mass is 9.78. The third-order valence-corrected chi connectivity index (χ3v) is 5.96. The van der Waals surface area contributed by atoms with Crippen LogP contribution in [0.25, 0.3) is 11.0 Å². The topological polar surface area (TPSA) is 90.9 Å². The summed E-state index contributed by atoms with van der Waals surface area (Å²) in [5, 5.41) is 23.1. The predicted octanol–water partition coefficient (Wildman–Crippen LogP) is 4.18.